The van der Waals surface area contributed by atoms with Crippen molar-refractivity contribution in [2.75, 3.05) is 13.7 Å². The Balaban J connectivity index is 1.96. The number of nitrogens with zero attached hydrogens (tertiary/aromatic N) is 1. The molecule has 0 spiro atoms. The fraction of sp³-hybridized carbons (Fsp3) is 0.556. The van der Waals surface area contributed by atoms with E-state index >= 15 is 0 Å². The van der Waals surface area contributed by atoms with Gasteiger partial charge in [-0.15, -0.1) is 0 Å². The van der Waals surface area contributed by atoms with Crippen molar-refractivity contribution >= 4 is 11.8 Å². The van der Waals surface area contributed by atoms with Crippen LogP contribution in [0.15, 0.2) is 24.3 Å². The smallest absolute Gasteiger partial charge is 0.225 e. The number of methoxy groups -OCH3 is 1. The number of nitrogens with one attached hydrogen (secondary N) is 1. The lowest BCUT2D eigenvalue weighted by molar-refractivity contribution is -0.143. The Labute approximate surface area is 137 Å². The predicted octanol–water partition coefficient (Wildman–Crippen LogP) is 2.27. The number of hydrogen-bond donors (Lipinski definition) is 1. The molecule has 0 radical (unpaired) electrons. The summed E-state index contributed by atoms with van der Waals surface area (Å²) in [6, 6.07) is 7.76. The van der Waals surface area contributed by atoms with E-state index in [1.807, 2.05) is 36.1 Å². The number of likely N-dealkylation sites (tertiary alicyclic amines) is 1. The van der Waals surface area contributed by atoms with E-state index in [0.717, 1.165) is 24.2 Å². The number of carbonyl (C=O) groups is 2. The molecular formula is C18H24N2O3. The summed E-state index contributed by atoms with van der Waals surface area (Å²) in [6.07, 6.45) is 3.15. The quantitative estimate of drug-likeness (QED) is 0.906. The molecular weight excluding hydrogens is 292 g/mol. The van der Waals surface area contributed by atoms with Gasteiger partial charge >= 0.3 is 0 Å². The van der Waals surface area contributed by atoms with Crippen molar-refractivity contribution in [1.29, 1.82) is 0 Å². The summed E-state index contributed by atoms with van der Waals surface area (Å²) in [7, 11) is 1.62. The van der Waals surface area contributed by atoms with Crippen molar-refractivity contribution in [1.82, 2.24) is 10.2 Å². The van der Waals surface area contributed by atoms with Crippen LogP contribution in [0.2, 0.25) is 0 Å². The lowest BCUT2D eigenvalue weighted by Gasteiger charge is -2.40. The maximum absolute atomic E-state index is 12.7. The summed E-state index contributed by atoms with van der Waals surface area (Å²) in [5.41, 5.74) is 0.917. The molecule has 1 saturated carbocycles. The van der Waals surface area contributed by atoms with Gasteiger partial charge in [-0.3, -0.25) is 9.59 Å². The summed E-state index contributed by atoms with van der Waals surface area (Å²) in [6.45, 7) is 2.55. The third-order valence-electron chi connectivity index (χ3n) is 4.77. The van der Waals surface area contributed by atoms with Gasteiger partial charge in [-0.2, -0.15) is 0 Å². The zero-order valence-corrected chi connectivity index (χ0v) is 13.7. The Morgan fingerprint density at radius 1 is 1.30 bits per heavy atom. The highest BCUT2D eigenvalue weighted by atomic mass is 16.5. The maximum atomic E-state index is 12.7. The molecule has 2 amide bonds. The second kappa shape index (κ2) is 6.60. The van der Waals surface area contributed by atoms with Crippen molar-refractivity contribution in [3.63, 3.8) is 0 Å². The van der Waals surface area contributed by atoms with Gasteiger partial charge in [-0.25, -0.2) is 0 Å². The first kappa shape index (κ1) is 15.8. The number of para-hydroxylation sites is 1. The van der Waals surface area contributed by atoms with Crippen LogP contribution in [-0.2, 0) is 9.59 Å². The number of amides is 2. The highest BCUT2D eigenvalue weighted by Crippen LogP contribution is 2.40. The lowest BCUT2D eigenvalue weighted by atomic mass is 9.83. The number of benzene rings is 1. The van der Waals surface area contributed by atoms with Crippen molar-refractivity contribution in [3.8, 4) is 5.75 Å². The first-order chi connectivity index (χ1) is 11.2. The van der Waals surface area contributed by atoms with E-state index in [1.165, 1.54) is 0 Å². The standard InChI is InChI=1S/C18H24N2O3/c1-3-20-16(21)11-10-14(18(22)19-12-8-9-12)17(20)13-6-4-5-7-15(13)23-2/h4-7,12,14,17H,3,8-11H2,1-2H3,(H,19,22)/t14-,17+/m1/s1. The highest BCUT2D eigenvalue weighted by molar-refractivity contribution is 5.85. The normalized spacial score (nSPS) is 24.4. The van der Waals surface area contributed by atoms with Crippen molar-refractivity contribution in [2.45, 2.75) is 44.7 Å². The number of carbonyl (C=O) groups excluding carboxylic acids is 2. The molecule has 124 valence electrons. The molecule has 2 fully saturated rings. The van der Waals surface area contributed by atoms with Crippen LogP contribution in [0.3, 0.4) is 0 Å². The Morgan fingerprint density at radius 3 is 2.70 bits per heavy atom. The molecule has 1 heterocycles. The van der Waals surface area contributed by atoms with Crippen molar-refractivity contribution < 1.29 is 14.3 Å². The van der Waals surface area contributed by atoms with Gasteiger partial charge in [0.2, 0.25) is 11.8 Å². The van der Waals surface area contributed by atoms with E-state index in [1.54, 1.807) is 7.11 Å². The second-order valence-electron chi connectivity index (χ2n) is 6.29. The van der Waals surface area contributed by atoms with Gasteiger partial charge in [0.25, 0.3) is 0 Å². The van der Waals surface area contributed by atoms with Gasteiger partial charge in [0.1, 0.15) is 5.75 Å². The van der Waals surface area contributed by atoms with E-state index < -0.39 is 0 Å². The third-order valence-corrected chi connectivity index (χ3v) is 4.77. The Kier molecular flexibility index (Phi) is 4.55. The fourth-order valence-corrected chi connectivity index (χ4v) is 3.43. The van der Waals surface area contributed by atoms with Crippen molar-refractivity contribution in [2.24, 2.45) is 5.92 Å². The highest BCUT2D eigenvalue weighted by Gasteiger charge is 2.42. The molecule has 5 heteroatoms. The number of rotatable bonds is 5. The average molecular weight is 316 g/mol. The fourth-order valence-electron chi connectivity index (χ4n) is 3.43. The van der Waals surface area contributed by atoms with Gasteiger partial charge in [0, 0.05) is 24.6 Å². The van der Waals surface area contributed by atoms with E-state index in [0.29, 0.717) is 25.4 Å². The topological polar surface area (TPSA) is 58.6 Å². The number of hydrogen-bond acceptors (Lipinski definition) is 3. The van der Waals surface area contributed by atoms with Crippen molar-refractivity contribution in [3.05, 3.63) is 29.8 Å². The van der Waals surface area contributed by atoms with Gasteiger partial charge < -0.3 is 15.0 Å². The van der Waals surface area contributed by atoms with Gasteiger partial charge in [0.05, 0.1) is 19.1 Å². The van der Waals surface area contributed by atoms with Crippen LogP contribution in [0.25, 0.3) is 0 Å². The second-order valence-corrected chi connectivity index (χ2v) is 6.29. The summed E-state index contributed by atoms with van der Waals surface area (Å²) in [5.74, 6) is 0.688. The van der Waals surface area contributed by atoms with Gasteiger partial charge in [0.15, 0.2) is 0 Å². The first-order valence-electron chi connectivity index (χ1n) is 8.38. The molecule has 0 unspecified atom stereocenters. The SMILES string of the molecule is CCN1C(=O)CC[C@@H](C(=O)NC2CC2)[C@@H]1c1ccccc1OC. The minimum Gasteiger partial charge on any atom is -0.496 e. The molecule has 3 rings (SSSR count). The average Bonchev–Trinajstić information content (AvgIpc) is 3.38. The summed E-state index contributed by atoms with van der Waals surface area (Å²) in [5, 5.41) is 3.10. The van der Waals surface area contributed by atoms with Crippen LogP contribution in [0.4, 0.5) is 0 Å². The molecule has 1 aromatic carbocycles. The van der Waals surface area contributed by atoms with Crippen LogP contribution in [-0.4, -0.2) is 36.4 Å². The van der Waals surface area contributed by atoms with E-state index in [9.17, 15) is 9.59 Å². The van der Waals surface area contributed by atoms with E-state index in [2.05, 4.69) is 5.32 Å². The summed E-state index contributed by atoms with van der Waals surface area (Å²) in [4.78, 5) is 26.9. The largest absolute Gasteiger partial charge is 0.496 e. The van der Waals surface area contributed by atoms with Crippen LogP contribution in [0, 0.1) is 5.92 Å². The Morgan fingerprint density at radius 2 is 2.04 bits per heavy atom. The Bertz CT molecular complexity index is 598. The summed E-state index contributed by atoms with van der Waals surface area (Å²) < 4.78 is 5.48. The van der Waals surface area contributed by atoms with E-state index in [4.69, 9.17) is 4.74 Å². The zero-order valence-electron chi connectivity index (χ0n) is 13.7. The molecule has 5 nitrogen and oxygen atoms in total. The molecule has 1 aliphatic heterocycles. The molecule has 1 N–H and O–H groups in total. The molecule has 2 atom stereocenters. The van der Waals surface area contributed by atoms with Gasteiger partial charge in [-0.05, 0) is 32.3 Å². The summed E-state index contributed by atoms with van der Waals surface area (Å²) >= 11 is 0. The Hall–Kier alpha value is -2.04. The molecule has 0 bridgehead atoms. The molecule has 1 aliphatic carbocycles. The van der Waals surface area contributed by atoms with Crippen LogP contribution in [0.1, 0.15) is 44.2 Å². The molecule has 1 aromatic rings. The first-order valence-corrected chi connectivity index (χ1v) is 8.38. The zero-order chi connectivity index (χ0) is 16.4. The van der Waals surface area contributed by atoms with E-state index in [-0.39, 0.29) is 23.8 Å². The minimum absolute atomic E-state index is 0.0642. The molecule has 23 heavy (non-hydrogen) atoms. The lowest BCUT2D eigenvalue weighted by Crippen LogP contribution is -2.48. The molecule has 1 saturated heterocycles. The molecule has 2 aliphatic rings. The van der Waals surface area contributed by atoms with Crippen LogP contribution >= 0.6 is 0 Å². The minimum atomic E-state index is -0.254. The third kappa shape index (κ3) is 3.19. The predicted molar refractivity (Wildman–Crippen MR) is 87.0 cm³/mol. The van der Waals surface area contributed by atoms with Crippen LogP contribution in [0.5, 0.6) is 5.75 Å². The molecule has 0 aromatic heterocycles. The maximum Gasteiger partial charge on any atom is 0.225 e. The monoisotopic (exact) mass is 316 g/mol. The number of ether oxygens (including phenoxy) is 1. The van der Waals surface area contributed by atoms with Gasteiger partial charge in [-0.1, -0.05) is 18.2 Å². The number of piperidine rings is 1. The van der Waals surface area contributed by atoms with Crippen LogP contribution < -0.4 is 10.1 Å².